The summed E-state index contributed by atoms with van der Waals surface area (Å²) in [7, 11) is 0. The second-order valence-corrected chi connectivity index (χ2v) is 2.11. The van der Waals surface area contributed by atoms with E-state index < -0.39 is 0 Å². The van der Waals surface area contributed by atoms with E-state index in [0.717, 1.165) is 11.5 Å². The summed E-state index contributed by atoms with van der Waals surface area (Å²) in [5.74, 6) is 0. The highest BCUT2D eigenvalue weighted by Crippen LogP contribution is 2.08. The fraction of sp³-hybridized carbons (Fsp3) is 0. The van der Waals surface area contributed by atoms with E-state index in [1.165, 1.54) is 6.07 Å². The molecule has 4 heteroatoms. The van der Waals surface area contributed by atoms with Crippen molar-refractivity contribution in [1.29, 1.82) is 0 Å². The van der Waals surface area contributed by atoms with Crippen LogP contribution < -0.4 is 5.73 Å². The second-order valence-electron chi connectivity index (χ2n) is 1.27. The number of hydrogen-bond donors (Lipinski definition) is 1. The molecule has 1 aromatic rings. The predicted molar refractivity (Wildman–Crippen MR) is 31.9 cm³/mol. The Morgan fingerprint density at radius 1 is 1.88 bits per heavy atom. The van der Waals surface area contributed by atoms with Gasteiger partial charge in [-0.25, -0.2) is 0 Å². The first kappa shape index (κ1) is 5.24. The SMILES string of the molecule is Nc1cc(C=O)ns1. The molecular weight excluding hydrogens is 124 g/mol. The highest BCUT2D eigenvalue weighted by molar-refractivity contribution is 7.10. The third kappa shape index (κ3) is 0.840. The van der Waals surface area contributed by atoms with Gasteiger partial charge in [0.15, 0.2) is 6.29 Å². The summed E-state index contributed by atoms with van der Waals surface area (Å²) in [5, 5.41) is 0.576. The molecule has 0 aliphatic rings. The first-order valence-corrected chi connectivity index (χ1v) is 2.77. The van der Waals surface area contributed by atoms with Crippen LogP contribution in [-0.4, -0.2) is 10.7 Å². The van der Waals surface area contributed by atoms with Gasteiger partial charge in [-0.05, 0) is 11.5 Å². The highest BCUT2D eigenvalue weighted by Gasteiger charge is 1.92. The zero-order chi connectivity index (χ0) is 5.98. The molecule has 0 fully saturated rings. The van der Waals surface area contributed by atoms with Gasteiger partial charge in [0, 0.05) is 6.07 Å². The van der Waals surface area contributed by atoms with Crippen LogP contribution in [0.3, 0.4) is 0 Å². The number of rotatable bonds is 1. The molecule has 0 aromatic carbocycles. The molecule has 1 rings (SSSR count). The zero-order valence-electron chi connectivity index (χ0n) is 4.00. The molecule has 1 heterocycles. The Balaban J connectivity index is 3.00. The molecule has 2 N–H and O–H groups in total. The van der Waals surface area contributed by atoms with E-state index in [-0.39, 0.29) is 0 Å². The minimum atomic E-state index is 0.410. The van der Waals surface area contributed by atoms with Crippen molar-refractivity contribution in [2.75, 3.05) is 5.73 Å². The Morgan fingerprint density at radius 2 is 2.62 bits per heavy atom. The van der Waals surface area contributed by atoms with E-state index in [9.17, 15) is 4.79 Å². The molecule has 0 saturated heterocycles. The lowest BCUT2D eigenvalue weighted by Crippen LogP contribution is -1.76. The van der Waals surface area contributed by atoms with Crippen molar-refractivity contribution in [1.82, 2.24) is 4.37 Å². The van der Waals surface area contributed by atoms with Crippen molar-refractivity contribution >= 4 is 22.8 Å². The van der Waals surface area contributed by atoms with Gasteiger partial charge in [-0.15, -0.1) is 0 Å². The number of nitrogens with two attached hydrogens (primary N) is 1. The van der Waals surface area contributed by atoms with Crippen LogP contribution in [0.4, 0.5) is 5.00 Å². The minimum Gasteiger partial charge on any atom is -0.389 e. The number of anilines is 1. The van der Waals surface area contributed by atoms with Gasteiger partial charge in [0.25, 0.3) is 0 Å². The summed E-state index contributed by atoms with van der Waals surface area (Å²) in [6.45, 7) is 0. The van der Waals surface area contributed by atoms with Crippen molar-refractivity contribution in [3.63, 3.8) is 0 Å². The van der Waals surface area contributed by atoms with Crippen molar-refractivity contribution in [2.45, 2.75) is 0 Å². The first-order chi connectivity index (χ1) is 3.83. The first-order valence-electron chi connectivity index (χ1n) is 2.00. The number of carbonyl (C=O) groups is 1. The van der Waals surface area contributed by atoms with Crippen LogP contribution in [0.1, 0.15) is 10.5 Å². The summed E-state index contributed by atoms with van der Waals surface area (Å²) in [5.41, 5.74) is 5.66. The Morgan fingerprint density at radius 3 is 2.88 bits per heavy atom. The molecule has 0 saturated carbocycles. The van der Waals surface area contributed by atoms with Gasteiger partial charge in [-0.1, -0.05) is 0 Å². The molecule has 3 nitrogen and oxygen atoms in total. The smallest absolute Gasteiger partial charge is 0.169 e. The lowest BCUT2D eigenvalue weighted by Gasteiger charge is -1.68. The topological polar surface area (TPSA) is 56.0 Å². The normalized spacial score (nSPS) is 9.00. The van der Waals surface area contributed by atoms with E-state index >= 15 is 0 Å². The monoisotopic (exact) mass is 128 g/mol. The van der Waals surface area contributed by atoms with Crippen molar-refractivity contribution < 1.29 is 4.79 Å². The maximum absolute atomic E-state index is 9.91. The third-order valence-corrected chi connectivity index (χ3v) is 1.30. The van der Waals surface area contributed by atoms with Crippen LogP contribution in [0.2, 0.25) is 0 Å². The molecule has 42 valence electrons. The quantitative estimate of drug-likeness (QED) is 0.561. The van der Waals surface area contributed by atoms with Crippen LogP contribution in [0.25, 0.3) is 0 Å². The fourth-order valence-corrected chi connectivity index (χ4v) is 0.839. The van der Waals surface area contributed by atoms with Crippen LogP contribution in [0.5, 0.6) is 0 Å². The van der Waals surface area contributed by atoms with Gasteiger partial charge < -0.3 is 5.73 Å². The average molecular weight is 128 g/mol. The average Bonchev–Trinajstić information content (AvgIpc) is 2.14. The lowest BCUT2D eigenvalue weighted by molar-refractivity contribution is 0.112. The third-order valence-electron chi connectivity index (χ3n) is 0.667. The van der Waals surface area contributed by atoms with E-state index in [0.29, 0.717) is 17.0 Å². The molecule has 0 bridgehead atoms. The zero-order valence-corrected chi connectivity index (χ0v) is 4.81. The van der Waals surface area contributed by atoms with Gasteiger partial charge in [0.2, 0.25) is 0 Å². The molecule has 0 aliphatic heterocycles. The van der Waals surface area contributed by atoms with Gasteiger partial charge in [-0.3, -0.25) is 4.79 Å². The number of nitrogens with zero attached hydrogens (tertiary/aromatic N) is 1. The van der Waals surface area contributed by atoms with Crippen LogP contribution >= 0.6 is 11.5 Å². The highest BCUT2D eigenvalue weighted by atomic mass is 32.1. The molecule has 0 amide bonds. The summed E-state index contributed by atoms with van der Waals surface area (Å²) in [6.07, 6.45) is 0.673. The molecule has 0 aliphatic carbocycles. The number of aldehydes is 1. The Bertz CT molecular complexity index is 196. The van der Waals surface area contributed by atoms with Crippen molar-refractivity contribution in [2.24, 2.45) is 0 Å². The summed E-state index contributed by atoms with van der Waals surface area (Å²) >= 11 is 1.13. The standard InChI is InChI=1S/C4H4N2OS/c5-4-1-3(2-7)6-8-4/h1-2H,5H2. The number of aromatic nitrogens is 1. The van der Waals surface area contributed by atoms with E-state index in [1.54, 1.807) is 0 Å². The number of hydrogen-bond acceptors (Lipinski definition) is 4. The predicted octanol–water partition coefficient (Wildman–Crippen LogP) is 0.538. The molecule has 0 atom stereocenters. The number of nitrogen functional groups attached to an aromatic ring is 1. The van der Waals surface area contributed by atoms with E-state index in [4.69, 9.17) is 5.73 Å². The van der Waals surface area contributed by atoms with Crippen LogP contribution in [0, 0.1) is 0 Å². The Labute approximate surface area is 50.3 Å². The molecule has 0 spiro atoms. The van der Waals surface area contributed by atoms with Crippen molar-refractivity contribution in [3.05, 3.63) is 11.8 Å². The fourth-order valence-electron chi connectivity index (χ4n) is 0.359. The second kappa shape index (κ2) is 1.92. The molecule has 0 unspecified atom stereocenters. The lowest BCUT2D eigenvalue weighted by atomic mass is 10.5. The maximum Gasteiger partial charge on any atom is 0.169 e. The maximum atomic E-state index is 9.91. The summed E-state index contributed by atoms with van der Waals surface area (Å²) in [4.78, 5) is 9.91. The van der Waals surface area contributed by atoms with Gasteiger partial charge in [-0.2, -0.15) is 4.37 Å². The molecule has 8 heavy (non-hydrogen) atoms. The molecular formula is C4H4N2OS. The molecule has 1 aromatic heterocycles. The van der Waals surface area contributed by atoms with E-state index in [2.05, 4.69) is 4.37 Å². The van der Waals surface area contributed by atoms with Crippen LogP contribution in [0.15, 0.2) is 6.07 Å². The van der Waals surface area contributed by atoms with Gasteiger partial charge >= 0.3 is 0 Å². The summed E-state index contributed by atoms with van der Waals surface area (Å²) < 4.78 is 3.68. The van der Waals surface area contributed by atoms with Crippen LogP contribution in [-0.2, 0) is 0 Å². The van der Waals surface area contributed by atoms with E-state index in [1.807, 2.05) is 0 Å². The van der Waals surface area contributed by atoms with Crippen molar-refractivity contribution in [3.8, 4) is 0 Å². The minimum absolute atomic E-state index is 0.410. The number of carbonyl (C=O) groups excluding carboxylic acids is 1. The largest absolute Gasteiger partial charge is 0.389 e. The summed E-state index contributed by atoms with van der Waals surface area (Å²) in [6, 6.07) is 1.54. The van der Waals surface area contributed by atoms with Gasteiger partial charge in [0.05, 0.1) is 0 Å². The Hall–Kier alpha value is -0.900. The Kier molecular flexibility index (Phi) is 1.26. The van der Waals surface area contributed by atoms with Gasteiger partial charge in [0.1, 0.15) is 10.7 Å². The molecule has 0 radical (unpaired) electrons.